The predicted molar refractivity (Wildman–Crippen MR) is 123 cm³/mol. The number of rotatable bonds is 7. The first-order valence-electron chi connectivity index (χ1n) is 9.56. The van der Waals surface area contributed by atoms with Crippen LogP contribution < -0.4 is 10.2 Å². The van der Waals surface area contributed by atoms with Gasteiger partial charge in [-0.05, 0) is 54.1 Å². The Morgan fingerprint density at radius 1 is 1.06 bits per heavy atom. The first-order chi connectivity index (χ1) is 15.5. The van der Waals surface area contributed by atoms with Crippen molar-refractivity contribution in [3.05, 3.63) is 99.7 Å². The number of hydrogen-bond acceptors (Lipinski definition) is 5. The number of aromatic carboxylic acids is 1. The van der Waals surface area contributed by atoms with Gasteiger partial charge in [0.2, 0.25) is 0 Å². The van der Waals surface area contributed by atoms with Gasteiger partial charge in [0.15, 0.2) is 5.76 Å². The standard InChI is InChI=1S/C24H17BrN2O5/c25-19-9-10-21-18(11-19)12-22(32-21)23(28)27-26-13-17-3-1-2-4-20(17)31-14-15-5-7-16(8-6-15)24(29)30/h1-13H,14H2,(H,27,28)(H,29,30). The first-order valence-corrected chi connectivity index (χ1v) is 10.4. The maximum Gasteiger partial charge on any atom is 0.335 e. The van der Waals surface area contributed by atoms with Crippen LogP contribution in [-0.2, 0) is 6.61 Å². The molecule has 4 aromatic rings. The van der Waals surface area contributed by atoms with E-state index in [-0.39, 0.29) is 17.9 Å². The van der Waals surface area contributed by atoms with Gasteiger partial charge in [-0.25, -0.2) is 10.2 Å². The monoisotopic (exact) mass is 492 g/mol. The van der Waals surface area contributed by atoms with E-state index in [0.29, 0.717) is 16.9 Å². The van der Waals surface area contributed by atoms with E-state index < -0.39 is 11.9 Å². The molecule has 0 bridgehead atoms. The third-order valence-electron chi connectivity index (χ3n) is 4.59. The van der Waals surface area contributed by atoms with Crippen LogP contribution in [-0.4, -0.2) is 23.2 Å². The number of nitrogens with one attached hydrogen (secondary N) is 1. The number of fused-ring (bicyclic) bond motifs is 1. The van der Waals surface area contributed by atoms with E-state index in [2.05, 4.69) is 26.5 Å². The maximum atomic E-state index is 12.4. The summed E-state index contributed by atoms with van der Waals surface area (Å²) >= 11 is 3.39. The van der Waals surface area contributed by atoms with Gasteiger partial charge in [0.25, 0.3) is 0 Å². The fraction of sp³-hybridized carbons (Fsp3) is 0.0417. The molecule has 0 aliphatic heterocycles. The SMILES string of the molecule is O=C(O)c1ccc(COc2ccccc2C=NNC(=O)c2cc3cc(Br)ccc3o2)cc1. The molecule has 0 unspecified atom stereocenters. The third-order valence-corrected chi connectivity index (χ3v) is 5.08. The second kappa shape index (κ2) is 9.49. The number of carbonyl (C=O) groups excluding carboxylic acids is 1. The number of benzene rings is 3. The average Bonchev–Trinajstić information content (AvgIpc) is 3.22. The lowest BCUT2D eigenvalue weighted by Gasteiger charge is -2.09. The molecule has 1 heterocycles. The zero-order valence-corrected chi connectivity index (χ0v) is 18.2. The van der Waals surface area contributed by atoms with Gasteiger partial charge in [-0.2, -0.15) is 5.10 Å². The number of halogens is 1. The Morgan fingerprint density at radius 3 is 2.62 bits per heavy atom. The molecule has 7 nitrogen and oxygen atoms in total. The van der Waals surface area contributed by atoms with Crippen molar-refractivity contribution in [2.45, 2.75) is 6.61 Å². The molecule has 0 spiro atoms. The maximum absolute atomic E-state index is 12.4. The number of para-hydroxylation sites is 1. The fourth-order valence-corrected chi connectivity index (χ4v) is 3.34. The van der Waals surface area contributed by atoms with Crippen LogP contribution in [0.1, 0.15) is 32.0 Å². The van der Waals surface area contributed by atoms with Crippen LogP contribution in [0.4, 0.5) is 0 Å². The number of carbonyl (C=O) groups is 2. The van der Waals surface area contributed by atoms with Crippen molar-refractivity contribution in [1.82, 2.24) is 5.43 Å². The van der Waals surface area contributed by atoms with Crippen molar-refractivity contribution >= 4 is 45.0 Å². The van der Waals surface area contributed by atoms with Crippen molar-refractivity contribution in [1.29, 1.82) is 0 Å². The van der Waals surface area contributed by atoms with E-state index in [4.69, 9.17) is 14.3 Å². The van der Waals surface area contributed by atoms with Crippen LogP contribution in [0.25, 0.3) is 11.0 Å². The highest BCUT2D eigenvalue weighted by atomic mass is 79.9. The molecule has 4 rings (SSSR count). The average molecular weight is 493 g/mol. The van der Waals surface area contributed by atoms with Gasteiger partial charge in [0.05, 0.1) is 11.8 Å². The van der Waals surface area contributed by atoms with E-state index in [1.165, 1.54) is 18.3 Å². The first kappa shape index (κ1) is 21.3. The smallest absolute Gasteiger partial charge is 0.335 e. The minimum absolute atomic E-state index is 0.157. The largest absolute Gasteiger partial charge is 0.488 e. The lowest BCUT2D eigenvalue weighted by Crippen LogP contribution is -2.16. The number of amides is 1. The molecule has 0 radical (unpaired) electrons. The van der Waals surface area contributed by atoms with E-state index in [1.807, 2.05) is 24.3 Å². The summed E-state index contributed by atoms with van der Waals surface area (Å²) in [5.41, 5.74) is 4.78. The Labute approximate surface area is 191 Å². The molecule has 0 aliphatic carbocycles. The summed E-state index contributed by atoms with van der Waals surface area (Å²) in [6.45, 7) is 0.256. The Balaban J connectivity index is 1.40. The van der Waals surface area contributed by atoms with Crippen molar-refractivity contribution in [3.63, 3.8) is 0 Å². The Hall–Kier alpha value is -3.91. The molecule has 0 saturated carbocycles. The lowest BCUT2D eigenvalue weighted by atomic mass is 10.1. The lowest BCUT2D eigenvalue weighted by molar-refractivity contribution is 0.0696. The van der Waals surface area contributed by atoms with Gasteiger partial charge in [-0.3, -0.25) is 4.79 Å². The number of furan rings is 1. The van der Waals surface area contributed by atoms with Gasteiger partial charge < -0.3 is 14.3 Å². The number of hydrogen-bond donors (Lipinski definition) is 2. The summed E-state index contributed by atoms with van der Waals surface area (Å²) < 4.78 is 12.3. The van der Waals surface area contributed by atoms with Gasteiger partial charge in [-0.15, -0.1) is 0 Å². The molecule has 160 valence electrons. The molecule has 0 saturated heterocycles. The van der Waals surface area contributed by atoms with Gasteiger partial charge in [-0.1, -0.05) is 40.2 Å². The molecule has 8 heteroatoms. The number of carboxylic acid groups (broad SMARTS) is 1. The molecule has 0 fully saturated rings. The second-order valence-corrected chi connectivity index (χ2v) is 7.74. The van der Waals surface area contributed by atoms with Crippen LogP contribution >= 0.6 is 15.9 Å². The van der Waals surface area contributed by atoms with Crippen LogP contribution in [0.15, 0.2) is 86.8 Å². The number of hydrazone groups is 1. The minimum Gasteiger partial charge on any atom is -0.488 e. The van der Waals surface area contributed by atoms with Crippen molar-refractivity contribution in [3.8, 4) is 5.75 Å². The summed E-state index contributed by atoms with van der Waals surface area (Å²) in [5.74, 6) is -0.715. The van der Waals surface area contributed by atoms with Crippen molar-refractivity contribution in [2.75, 3.05) is 0 Å². The van der Waals surface area contributed by atoms with Crippen LogP contribution in [0, 0.1) is 0 Å². The van der Waals surface area contributed by atoms with Gasteiger partial charge >= 0.3 is 11.9 Å². The van der Waals surface area contributed by atoms with Crippen LogP contribution in [0.3, 0.4) is 0 Å². The van der Waals surface area contributed by atoms with Crippen molar-refractivity contribution in [2.24, 2.45) is 5.10 Å². The third kappa shape index (κ3) is 5.04. The summed E-state index contributed by atoms with van der Waals surface area (Å²) in [6.07, 6.45) is 1.49. The zero-order chi connectivity index (χ0) is 22.5. The second-order valence-electron chi connectivity index (χ2n) is 6.82. The summed E-state index contributed by atoms with van der Waals surface area (Å²) in [4.78, 5) is 23.3. The Bertz CT molecular complexity index is 1310. The van der Waals surface area contributed by atoms with Gasteiger partial charge in [0, 0.05) is 15.4 Å². The summed E-state index contributed by atoms with van der Waals surface area (Å²) in [6, 6.07) is 20.8. The Kier molecular flexibility index (Phi) is 6.32. The van der Waals surface area contributed by atoms with Crippen molar-refractivity contribution < 1.29 is 23.8 Å². The molecular formula is C24H17BrN2O5. The minimum atomic E-state index is -0.975. The normalized spacial score (nSPS) is 11.0. The zero-order valence-electron chi connectivity index (χ0n) is 16.6. The number of ether oxygens (including phenoxy) is 1. The Morgan fingerprint density at radius 2 is 1.84 bits per heavy atom. The highest BCUT2D eigenvalue weighted by molar-refractivity contribution is 9.10. The van der Waals surface area contributed by atoms with Crippen LogP contribution in [0.5, 0.6) is 5.75 Å². The summed E-state index contributed by atoms with van der Waals surface area (Å²) in [7, 11) is 0. The molecule has 0 atom stereocenters. The number of carboxylic acids is 1. The number of nitrogens with zero attached hydrogens (tertiary/aromatic N) is 1. The molecule has 1 aromatic heterocycles. The molecular weight excluding hydrogens is 476 g/mol. The highest BCUT2D eigenvalue weighted by Gasteiger charge is 2.12. The molecule has 3 aromatic carbocycles. The highest BCUT2D eigenvalue weighted by Crippen LogP contribution is 2.23. The van der Waals surface area contributed by atoms with Gasteiger partial charge in [0.1, 0.15) is 17.9 Å². The quantitative estimate of drug-likeness (QED) is 0.271. The van der Waals surface area contributed by atoms with E-state index >= 15 is 0 Å². The molecule has 1 amide bonds. The predicted octanol–water partition coefficient (Wildman–Crippen LogP) is 5.24. The topological polar surface area (TPSA) is 101 Å². The molecule has 0 aliphatic rings. The molecule has 2 N–H and O–H groups in total. The summed E-state index contributed by atoms with van der Waals surface area (Å²) in [5, 5.41) is 13.8. The van der Waals surface area contributed by atoms with Crippen LogP contribution in [0.2, 0.25) is 0 Å². The van der Waals surface area contributed by atoms with E-state index in [0.717, 1.165) is 15.4 Å². The fourth-order valence-electron chi connectivity index (χ4n) is 2.96. The van der Waals surface area contributed by atoms with E-state index in [9.17, 15) is 9.59 Å². The molecule has 32 heavy (non-hydrogen) atoms. The van der Waals surface area contributed by atoms with E-state index in [1.54, 1.807) is 36.4 Å².